The normalized spacial score (nSPS) is 21.9. The molecule has 112 valence electrons. The standard InChI is InChI=1S/C14H23N3OS2/c1-4-19-12-6-5-11(7-12)17(3)14(18)16-9-13-8-15-10(2)20-13/h8,11-12H,4-7,9H2,1-3H3,(H,16,18)/t11-,12-/m0/s1. The highest BCUT2D eigenvalue weighted by Crippen LogP contribution is 2.32. The molecule has 2 atom stereocenters. The summed E-state index contributed by atoms with van der Waals surface area (Å²) in [5.41, 5.74) is 0. The summed E-state index contributed by atoms with van der Waals surface area (Å²) in [7, 11) is 1.91. The van der Waals surface area contributed by atoms with E-state index in [9.17, 15) is 4.79 Å². The number of thiazole rings is 1. The molecular formula is C14H23N3OS2. The molecule has 4 nitrogen and oxygen atoms in total. The van der Waals surface area contributed by atoms with Crippen molar-refractivity contribution in [2.24, 2.45) is 0 Å². The maximum absolute atomic E-state index is 12.2. The second-order valence-corrected chi connectivity index (χ2v) is 8.06. The molecule has 0 saturated heterocycles. The first kappa shape index (κ1) is 15.6. The molecule has 0 bridgehead atoms. The molecule has 6 heteroatoms. The zero-order chi connectivity index (χ0) is 14.5. The Morgan fingerprint density at radius 2 is 2.40 bits per heavy atom. The summed E-state index contributed by atoms with van der Waals surface area (Å²) in [6.07, 6.45) is 5.32. The first-order chi connectivity index (χ1) is 9.60. The summed E-state index contributed by atoms with van der Waals surface area (Å²) in [5, 5.41) is 4.75. The number of amides is 2. The molecular weight excluding hydrogens is 290 g/mol. The largest absolute Gasteiger partial charge is 0.333 e. The van der Waals surface area contributed by atoms with E-state index in [0.717, 1.165) is 33.7 Å². The Morgan fingerprint density at radius 1 is 1.60 bits per heavy atom. The topological polar surface area (TPSA) is 45.2 Å². The lowest BCUT2D eigenvalue weighted by Crippen LogP contribution is -2.42. The van der Waals surface area contributed by atoms with Crippen LogP contribution in [-0.4, -0.2) is 40.0 Å². The Morgan fingerprint density at radius 3 is 3.05 bits per heavy atom. The number of nitrogens with one attached hydrogen (secondary N) is 1. The van der Waals surface area contributed by atoms with Gasteiger partial charge in [-0.25, -0.2) is 9.78 Å². The Hall–Kier alpha value is -0.750. The van der Waals surface area contributed by atoms with Gasteiger partial charge in [-0.3, -0.25) is 0 Å². The maximum atomic E-state index is 12.2. The Labute approximate surface area is 129 Å². The molecule has 1 saturated carbocycles. The number of urea groups is 1. The summed E-state index contributed by atoms with van der Waals surface area (Å²) in [6.45, 7) is 4.76. The van der Waals surface area contributed by atoms with Crippen LogP contribution in [0.25, 0.3) is 0 Å². The Bertz CT molecular complexity index is 449. The molecule has 1 aromatic rings. The predicted molar refractivity (Wildman–Crippen MR) is 86.4 cm³/mol. The molecule has 1 aliphatic rings. The molecule has 1 fully saturated rings. The van der Waals surface area contributed by atoms with Crippen molar-refractivity contribution in [1.29, 1.82) is 0 Å². The zero-order valence-corrected chi connectivity index (χ0v) is 14.0. The van der Waals surface area contributed by atoms with Crippen LogP contribution >= 0.6 is 23.1 Å². The first-order valence-electron chi connectivity index (χ1n) is 7.13. The van der Waals surface area contributed by atoms with Crippen LogP contribution in [0, 0.1) is 6.92 Å². The monoisotopic (exact) mass is 313 g/mol. The van der Waals surface area contributed by atoms with Gasteiger partial charge in [0, 0.05) is 29.4 Å². The summed E-state index contributed by atoms with van der Waals surface area (Å²) >= 11 is 3.65. The fourth-order valence-corrected chi connectivity index (χ4v) is 4.46. The molecule has 0 spiro atoms. The minimum atomic E-state index is 0.0307. The molecule has 2 rings (SSSR count). The van der Waals surface area contributed by atoms with Crippen LogP contribution in [0.5, 0.6) is 0 Å². The number of nitrogens with zero attached hydrogens (tertiary/aromatic N) is 2. The Balaban J connectivity index is 1.77. The van der Waals surface area contributed by atoms with Crippen molar-refractivity contribution in [2.75, 3.05) is 12.8 Å². The van der Waals surface area contributed by atoms with E-state index >= 15 is 0 Å². The third kappa shape index (κ3) is 4.12. The number of thioether (sulfide) groups is 1. The smallest absolute Gasteiger partial charge is 0.317 e. The van der Waals surface area contributed by atoms with Crippen molar-refractivity contribution in [2.45, 2.75) is 50.9 Å². The molecule has 0 radical (unpaired) electrons. The van der Waals surface area contributed by atoms with Gasteiger partial charge < -0.3 is 10.2 Å². The van der Waals surface area contributed by atoms with E-state index < -0.39 is 0 Å². The van der Waals surface area contributed by atoms with Crippen LogP contribution in [0.3, 0.4) is 0 Å². The van der Waals surface area contributed by atoms with E-state index in [-0.39, 0.29) is 6.03 Å². The number of hydrogen-bond donors (Lipinski definition) is 1. The number of carbonyl (C=O) groups excluding carboxylic acids is 1. The van der Waals surface area contributed by atoms with Gasteiger partial charge in [-0.15, -0.1) is 11.3 Å². The van der Waals surface area contributed by atoms with Gasteiger partial charge in [-0.1, -0.05) is 6.92 Å². The lowest BCUT2D eigenvalue weighted by atomic mass is 10.2. The van der Waals surface area contributed by atoms with Crippen LogP contribution < -0.4 is 5.32 Å². The SMILES string of the molecule is CCS[C@H]1CC[C@H](N(C)C(=O)NCc2cnc(C)s2)C1. The zero-order valence-electron chi connectivity index (χ0n) is 12.4. The van der Waals surface area contributed by atoms with Gasteiger partial charge in [-0.05, 0) is 31.9 Å². The first-order valence-corrected chi connectivity index (χ1v) is 9.00. The minimum Gasteiger partial charge on any atom is -0.333 e. The maximum Gasteiger partial charge on any atom is 0.317 e. The second-order valence-electron chi connectivity index (χ2n) is 5.16. The molecule has 20 heavy (non-hydrogen) atoms. The van der Waals surface area contributed by atoms with Crippen LogP contribution in [0.1, 0.15) is 36.1 Å². The van der Waals surface area contributed by atoms with Crippen molar-refractivity contribution in [3.8, 4) is 0 Å². The van der Waals surface area contributed by atoms with Gasteiger partial charge in [0.1, 0.15) is 0 Å². The number of rotatable bonds is 5. The van der Waals surface area contributed by atoms with E-state index in [2.05, 4.69) is 17.2 Å². The number of carbonyl (C=O) groups is 1. The average Bonchev–Trinajstić information content (AvgIpc) is 3.05. The fraction of sp³-hybridized carbons (Fsp3) is 0.714. The average molecular weight is 313 g/mol. The van der Waals surface area contributed by atoms with E-state index in [0.29, 0.717) is 12.6 Å². The summed E-state index contributed by atoms with van der Waals surface area (Å²) in [4.78, 5) is 19.4. The van der Waals surface area contributed by atoms with E-state index in [1.54, 1.807) is 11.3 Å². The van der Waals surface area contributed by atoms with Crippen molar-refractivity contribution in [1.82, 2.24) is 15.2 Å². The fourth-order valence-electron chi connectivity index (χ4n) is 2.60. The lowest BCUT2D eigenvalue weighted by Gasteiger charge is -2.24. The third-order valence-corrected chi connectivity index (χ3v) is 5.86. The van der Waals surface area contributed by atoms with Gasteiger partial charge in [0.2, 0.25) is 0 Å². The molecule has 1 heterocycles. The van der Waals surface area contributed by atoms with Crippen molar-refractivity contribution >= 4 is 29.1 Å². The van der Waals surface area contributed by atoms with E-state index in [4.69, 9.17) is 0 Å². The lowest BCUT2D eigenvalue weighted by molar-refractivity contribution is 0.190. The van der Waals surface area contributed by atoms with Crippen LogP contribution in [0.15, 0.2) is 6.20 Å². The number of aromatic nitrogens is 1. The second kappa shape index (κ2) is 7.31. The highest BCUT2D eigenvalue weighted by molar-refractivity contribution is 7.99. The van der Waals surface area contributed by atoms with E-state index in [1.165, 1.54) is 6.42 Å². The van der Waals surface area contributed by atoms with Crippen LogP contribution in [0.4, 0.5) is 4.79 Å². The van der Waals surface area contributed by atoms with Gasteiger partial charge >= 0.3 is 6.03 Å². The van der Waals surface area contributed by atoms with Gasteiger partial charge in [-0.2, -0.15) is 11.8 Å². The molecule has 0 aliphatic heterocycles. The third-order valence-electron chi connectivity index (χ3n) is 3.71. The molecule has 1 N–H and O–H groups in total. The predicted octanol–water partition coefficient (Wildman–Crippen LogP) is 3.27. The van der Waals surface area contributed by atoms with Gasteiger partial charge in [0.05, 0.1) is 11.6 Å². The summed E-state index contributed by atoms with van der Waals surface area (Å²) in [5.74, 6) is 1.16. The Kier molecular flexibility index (Phi) is 5.72. The highest BCUT2D eigenvalue weighted by atomic mass is 32.2. The van der Waals surface area contributed by atoms with Crippen molar-refractivity contribution < 1.29 is 4.79 Å². The quantitative estimate of drug-likeness (QED) is 0.907. The highest BCUT2D eigenvalue weighted by Gasteiger charge is 2.29. The number of hydrogen-bond acceptors (Lipinski definition) is 4. The van der Waals surface area contributed by atoms with Gasteiger partial charge in [0.15, 0.2) is 0 Å². The van der Waals surface area contributed by atoms with E-state index in [1.807, 2.05) is 36.8 Å². The van der Waals surface area contributed by atoms with Crippen molar-refractivity contribution in [3.63, 3.8) is 0 Å². The number of aryl methyl sites for hydroxylation is 1. The molecule has 0 aromatic carbocycles. The molecule has 2 amide bonds. The molecule has 1 aromatic heterocycles. The minimum absolute atomic E-state index is 0.0307. The van der Waals surface area contributed by atoms with Crippen LogP contribution in [-0.2, 0) is 6.54 Å². The molecule has 1 aliphatic carbocycles. The summed E-state index contributed by atoms with van der Waals surface area (Å²) in [6, 6.07) is 0.422. The van der Waals surface area contributed by atoms with Gasteiger partial charge in [0.25, 0.3) is 0 Å². The van der Waals surface area contributed by atoms with Crippen molar-refractivity contribution in [3.05, 3.63) is 16.1 Å². The molecule has 0 unspecified atom stereocenters. The van der Waals surface area contributed by atoms with Crippen LogP contribution in [0.2, 0.25) is 0 Å². The summed E-state index contributed by atoms with van der Waals surface area (Å²) < 4.78 is 0.